The minimum Gasteiger partial charge on any atom is -0.494 e. The molecule has 1 aromatic heterocycles. The molecule has 2 aromatic rings. The zero-order chi connectivity index (χ0) is 20.6. The number of hydrogen-bond donors (Lipinski definition) is 1. The van der Waals surface area contributed by atoms with Crippen molar-refractivity contribution in [3.63, 3.8) is 0 Å². The van der Waals surface area contributed by atoms with E-state index in [0.29, 0.717) is 31.2 Å². The summed E-state index contributed by atoms with van der Waals surface area (Å²) in [5.74, 6) is 1.33. The van der Waals surface area contributed by atoms with Crippen molar-refractivity contribution in [3.8, 4) is 5.75 Å². The lowest BCUT2D eigenvalue weighted by molar-refractivity contribution is -0.383. The Morgan fingerprint density at radius 2 is 1.86 bits per heavy atom. The van der Waals surface area contributed by atoms with Gasteiger partial charge in [-0.05, 0) is 37.2 Å². The first-order chi connectivity index (χ1) is 14.1. The molecule has 0 atom stereocenters. The van der Waals surface area contributed by atoms with Gasteiger partial charge in [0, 0.05) is 31.9 Å². The molecule has 0 radical (unpaired) electrons. The quantitative estimate of drug-likeness (QED) is 0.388. The lowest BCUT2D eigenvalue weighted by Gasteiger charge is -2.34. The highest BCUT2D eigenvalue weighted by Crippen LogP contribution is 2.34. The summed E-state index contributed by atoms with van der Waals surface area (Å²) in [6, 6.07) is 7.34. The lowest BCUT2D eigenvalue weighted by atomic mass is 10.2. The van der Waals surface area contributed by atoms with E-state index in [1.807, 2.05) is 29.2 Å². The Labute approximate surface area is 170 Å². The van der Waals surface area contributed by atoms with Crippen LogP contribution < -0.4 is 15.0 Å². The number of benzene rings is 1. The SMILES string of the molecule is CCCCOc1ccc(Nc2ncnc(N3CCN(CC)CC3)c2[N+](=O)[O-])cc1. The van der Waals surface area contributed by atoms with E-state index < -0.39 is 4.92 Å². The average molecular weight is 400 g/mol. The van der Waals surface area contributed by atoms with Crippen molar-refractivity contribution in [3.05, 3.63) is 40.7 Å². The largest absolute Gasteiger partial charge is 0.494 e. The zero-order valence-electron chi connectivity index (χ0n) is 17.0. The van der Waals surface area contributed by atoms with Crippen molar-refractivity contribution < 1.29 is 9.66 Å². The minimum atomic E-state index is -0.411. The first kappa shape index (κ1) is 20.8. The number of piperazine rings is 1. The van der Waals surface area contributed by atoms with E-state index in [1.165, 1.54) is 6.33 Å². The highest BCUT2D eigenvalue weighted by atomic mass is 16.6. The van der Waals surface area contributed by atoms with Crippen LogP contribution in [0.2, 0.25) is 0 Å². The monoisotopic (exact) mass is 400 g/mol. The average Bonchev–Trinajstić information content (AvgIpc) is 2.75. The van der Waals surface area contributed by atoms with Crippen molar-refractivity contribution in [1.29, 1.82) is 0 Å². The maximum Gasteiger partial charge on any atom is 0.353 e. The normalized spacial score (nSPS) is 14.6. The van der Waals surface area contributed by atoms with Crippen LogP contribution in [0, 0.1) is 10.1 Å². The van der Waals surface area contributed by atoms with Crippen molar-refractivity contribution in [1.82, 2.24) is 14.9 Å². The Balaban J connectivity index is 1.76. The number of rotatable bonds is 9. The molecule has 1 aliphatic heterocycles. The number of likely N-dealkylation sites (N-methyl/N-ethyl adjacent to an activating group) is 1. The van der Waals surface area contributed by atoms with Crippen LogP contribution in [0.4, 0.5) is 23.0 Å². The predicted octanol–water partition coefficient (Wildman–Crippen LogP) is 3.45. The van der Waals surface area contributed by atoms with Gasteiger partial charge in [-0.2, -0.15) is 0 Å². The summed E-state index contributed by atoms with van der Waals surface area (Å²) in [5.41, 5.74) is 0.608. The van der Waals surface area contributed by atoms with Gasteiger partial charge >= 0.3 is 5.69 Å². The summed E-state index contributed by atoms with van der Waals surface area (Å²) in [6.07, 6.45) is 3.45. The molecule has 1 aromatic carbocycles. The van der Waals surface area contributed by atoms with Gasteiger partial charge in [0.25, 0.3) is 0 Å². The van der Waals surface area contributed by atoms with Gasteiger partial charge < -0.3 is 19.9 Å². The van der Waals surface area contributed by atoms with Gasteiger partial charge in [-0.25, -0.2) is 9.97 Å². The molecule has 0 unspecified atom stereocenters. The first-order valence-corrected chi connectivity index (χ1v) is 10.1. The van der Waals surface area contributed by atoms with Crippen molar-refractivity contribution >= 4 is 23.0 Å². The van der Waals surface area contributed by atoms with Crippen molar-refractivity contribution in [2.75, 3.05) is 49.5 Å². The van der Waals surface area contributed by atoms with E-state index in [-0.39, 0.29) is 11.5 Å². The maximum absolute atomic E-state index is 11.8. The van der Waals surface area contributed by atoms with Gasteiger partial charge in [-0.3, -0.25) is 10.1 Å². The van der Waals surface area contributed by atoms with Gasteiger partial charge in [0.1, 0.15) is 12.1 Å². The van der Waals surface area contributed by atoms with Gasteiger partial charge in [0.05, 0.1) is 11.5 Å². The van der Waals surface area contributed by atoms with E-state index in [1.54, 1.807) is 0 Å². The van der Waals surface area contributed by atoms with Crippen molar-refractivity contribution in [2.45, 2.75) is 26.7 Å². The standard InChI is InChI=1S/C20H28N6O3/c1-3-5-14-29-17-8-6-16(7-9-17)23-19-18(26(27)28)20(22-15-21-19)25-12-10-24(4-2)11-13-25/h6-9,15H,3-5,10-14H2,1-2H3,(H,21,22,23). The number of nitrogens with zero attached hydrogens (tertiary/aromatic N) is 5. The zero-order valence-corrected chi connectivity index (χ0v) is 17.0. The summed E-state index contributed by atoms with van der Waals surface area (Å²) < 4.78 is 5.66. The Kier molecular flexibility index (Phi) is 7.18. The second-order valence-electron chi connectivity index (χ2n) is 6.92. The fraction of sp³-hybridized carbons (Fsp3) is 0.500. The van der Waals surface area contributed by atoms with Crippen LogP contribution in [-0.4, -0.2) is 59.1 Å². The van der Waals surface area contributed by atoms with Crippen LogP contribution >= 0.6 is 0 Å². The molecule has 1 N–H and O–H groups in total. The smallest absolute Gasteiger partial charge is 0.353 e. The summed E-state index contributed by atoms with van der Waals surface area (Å²) in [7, 11) is 0. The van der Waals surface area contributed by atoms with E-state index in [0.717, 1.165) is 38.2 Å². The molecule has 2 heterocycles. The number of nitrogens with one attached hydrogen (secondary N) is 1. The third-order valence-corrected chi connectivity index (χ3v) is 4.99. The van der Waals surface area contributed by atoms with Gasteiger partial charge in [0.15, 0.2) is 0 Å². The summed E-state index contributed by atoms with van der Waals surface area (Å²) >= 11 is 0. The molecule has 9 heteroatoms. The molecule has 1 fully saturated rings. The summed E-state index contributed by atoms with van der Waals surface area (Å²) in [4.78, 5) is 24.0. The Bertz CT molecular complexity index is 806. The van der Waals surface area contributed by atoms with Crippen LogP contribution in [0.25, 0.3) is 0 Å². The molecule has 0 saturated carbocycles. The lowest BCUT2D eigenvalue weighted by Crippen LogP contribution is -2.46. The molecule has 1 aliphatic rings. The highest BCUT2D eigenvalue weighted by Gasteiger charge is 2.29. The Hall–Kier alpha value is -2.94. The molecule has 1 saturated heterocycles. The summed E-state index contributed by atoms with van der Waals surface area (Å²) in [6.45, 7) is 9.01. The van der Waals surface area contributed by atoms with Crippen LogP contribution in [0.3, 0.4) is 0 Å². The number of nitro groups is 1. The van der Waals surface area contributed by atoms with Crippen LogP contribution in [0.1, 0.15) is 26.7 Å². The number of ether oxygens (including phenoxy) is 1. The number of unbranched alkanes of at least 4 members (excludes halogenated alkanes) is 1. The molecule has 0 aliphatic carbocycles. The third kappa shape index (κ3) is 5.32. The van der Waals surface area contributed by atoms with Crippen molar-refractivity contribution in [2.24, 2.45) is 0 Å². The number of hydrogen-bond acceptors (Lipinski definition) is 8. The fourth-order valence-electron chi connectivity index (χ4n) is 3.24. The molecule has 0 spiro atoms. The molecule has 3 rings (SSSR count). The third-order valence-electron chi connectivity index (χ3n) is 4.99. The van der Waals surface area contributed by atoms with E-state index in [9.17, 15) is 10.1 Å². The molecular weight excluding hydrogens is 372 g/mol. The second kappa shape index (κ2) is 10.0. The second-order valence-corrected chi connectivity index (χ2v) is 6.92. The van der Waals surface area contributed by atoms with Crippen LogP contribution in [-0.2, 0) is 0 Å². The van der Waals surface area contributed by atoms with E-state index in [4.69, 9.17) is 4.74 Å². The maximum atomic E-state index is 11.8. The molecule has 0 amide bonds. The first-order valence-electron chi connectivity index (χ1n) is 10.1. The molecule has 0 bridgehead atoms. The number of aromatic nitrogens is 2. The van der Waals surface area contributed by atoms with Crippen LogP contribution in [0.5, 0.6) is 5.75 Å². The van der Waals surface area contributed by atoms with Gasteiger partial charge in [0.2, 0.25) is 11.6 Å². The van der Waals surface area contributed by atoms with Crippen LogP contribution in [0.15, 0.2) is 30.6 Å². The minimum absolute atomic E-state index is 0.0966. The molecule has 9 nitrogen and oxygen atoms in total. The highest BCUT2D eigenvalue weighted by molar-refractivity contribution is 5.74. The van der Waals surface area contributed by atoms with Gasteiger partial charge in [-0.1, -0.05) is 20.3 Å². The summed E-state index contributed by atoms with van der Waals surface area (Å²) in [5, 5.41) is 14.9. The van der Waals surface area contributed by atoms with E-state index >= 15 is 0 Å². The van der Waals surface area contributed by atoms with E-state index in [2.05, 4.69) is 34.0 Å². The molecular formula is C20H28N6O3. The molecule has 29 heavy (non-hydrogen) atoms. The van der Waals surface area contributed by atoms with Gasteiger partial charge in [-0.15, -0.1) is 0 Å². The Morgan fingerprint density at radius 3 is 2.48 bits per heavy atom. The number of anilines is 3. The fourth-order valence-corrected chi connectivity index (χ4v) is 3.24. The predicted molar refractivity (Wildman–Crippen MR) is 113 cm³/mol. The molecule has 156 valence electrons. The Morgan fingerprint density at radius 1 is 1.14 bits per heavy atom. The topological polar surface area (TPSA) is 96.7 Å².